The Balaban J connectivity index is 1.98. The Morgan fingerprint density at radius 3 is 2.83 bits per heavy atom. The zero-order valence-electron chi connectivity index (χ0n) is 9.68. The number of hydrogen-bond donors (Lipinski definition) is 2. The highest BCUT2D eigenvalue weighted by Crippen LogP contribution is 2.24. The minimum absolute atomic E-state index is 0.0536. The second kappa shape index (κ2) is 4.44. The molecule has 1 aliphatic heterocycles. The number of rotatable bonds is 2. The van der Waals surface area contributed by atoms with E-state index in [4.69, 9.17) is 0 Å². The zero-order chi connectivity index (χ0) is 12.4. The van der Waals surface area contributed by atoms with E-state index in [-0.39, 0.29) is 5.91 Å². The molecular weight excluding hydrogens is 228 g/mol. The summed E-state index contributed by atoms with van der Waals surface area (Å²) in [7, 11) is 0. The van der Waals surface area contributed by atoms with Crippen LogP contribution in [0.4, 0.5) is 11.4 Å². The van der Waals surface area contributed by atoms with Crippen LogP contribution in [0.15, 0.2) is 36.9 Å². The van der Waals surface area contributed by atoms with Gasteiger partial charge < -0.3 is 10.6 Å². The quantitative estimate of drug-likeness (QED) is 0.835. The molecular formula is C13H12N4O. The van der Waals surface area contributed by atoms with Crippen LogP contribution in [0, 0.1) is 0 Å². The van der Waals surface area contributed by atoms with E-state index in [1.54, 1.807) is 24.8 Å². The van der Waals surface area contributed by atoms with Gasteiger partial charge in [0, 0.05) is 30.8 Å². The molecule has 0 spiro atoms. The van der Waals surface area contributed by atoms with Gasteiger partial charge in [-0.05, 0) is 24.1 Å². The normalized spacial score (nSPS) is 13.7. The second-order valence-electron chi connectivity index (χ2n) is 4.08. The van der Waals surface area contributed by atoms with Gasteiger partial charge in [0.05, 0.1) is 17.4 Å². The van der Waals surface area contributed by atoms with Crippen LogP contribution in [0.2, 0.25) is 0 Å². The van der Waals surface area contributed by atoms with Gasteiger partial charge in [-0.25, -0.2) is 0 Å². The lowest BCUT2D eigenvalue weighted by Crippen LogP contribution is -2.32. The average molecular weight is 240 g/mol. The summed E-state index contributed by atoms with van der Waals surface area (Å²) in [5.74, 6) is -0.0536. The van der Waals surface area contributed by atoms with Crippen molar-refractivity contribution in [1.82, 2.24) is 15.3 Å². The molecule has 0 bridgehead atoms. The third kappa shape index (κ3) is 1.90. The van der Waals surface area contributed by atoms with Crippen LogP contribution in [0.1, 0.15) is 15.9 Å². The average Bonchev–Trinajstić information content (AvgIpc) is 2.41. The first kappa shape index (κ1) is 10.7. The van der Waals surface area contributed by atoms with Crippen molar-refractivity contribution in [3.8, 4) is 0 Å². The number of nitrogens with zero attached hydrogens (tertiary/aromatic N) is 2. The molecule has 5 nitrogen and oxygen atoms in total. The Labute approximate surface area is 104 Å². The van der Waals surface area contributed by atoms with Gasteiger partial charge in [0.1, 0.15) is 0 Å². The van der Waals surface area contributed by atoms with Gasteiger partial charge in [0.2, 0.25) is 0 Å². The van der Waals surface area contributed by atoms with Gasteiger partial charge in [0.25, 0.3) is 5.91 Å². The summed E-state index contributed by atoms with van der Waals surface area (Å²) in [4.78, 5) is 19.8. The molecule has 18 heavy (non-hydrogen) atoms. The van der Waals surface area contributed by atoms with Crippen molar-refractivity contribution >= 4 is 17.3 Å². The number of amides is 1. The van der Waals surface area contributed by atoms with Crippen LogP contribution >= 0.6 is 0 Å². The van der Waals surface area contributed by atoms with Crippen molar-refractivity contribution in [2.75, 3.05) is 11.9 Å². The highest BCUT2D eigenvalue weighted by Gasteiger charge is 2.19. The molecule has 0 aliphatic carbocycles. The lowest BCUT2D eigenvalue weighted by atomic mass is 10.0. The van der Waals surface area contributed by atoms with Crippen LogP contribution in [-0.2, 0) is 6.42 Å². The summed E-state index contributed by atoms with van der Waals surface area (Å²) in [6.45, 7) is 0.668. The smallest absolute Gasteiger partial charge is 0.253 e. The van der Waals surface area contributed by atoms with Gasteiger partial charge in [-0.3, -0.25) is 14.8 Å². The molecule has 0 radical (unpaired) electrons. The largest absolute Gasteiger partial charge is 0.354 e. The maximum atomic E-state index is 11.7. The molecule has 0 unspecified atom stereocenters. The molecule has 2 N–H and O–H groups in total. The number of carbonyl (C=O) groups is 1. The lowest BCUT2D eigenvalue weighted by molar-refractivity contribution is 0.0945. The van der Waals surface area contributed by atoms with Gasteiger partial charge in [-0.15, -0.1) is 0 Å². The minimum atomic E-state index is -0.0536. The fourth-order valence-electron chi connectivity index (χ4n) is 2.05. The van der Waals surface area contributed by atoms with Gasteiger partial charge in [-0.1, -0.05) is 0 Å². The standard InChI is InChI=1S/C13H12N4O/c18-13-11-7-15-8-12(10(11)3-6-16-13)17-9-1-4-14-5-2-9/h1-2,4-5,7-8H,3,6H2,(H,14,17)(H,16,18). The van der Waals surface area contributed by atoms with E-state index in [0.717, 1.165) is 23.4 Å². The topological polar surface area (TPSA) is 66.9 Å². The fourth-order valence-corrected chi connectivity index (χ4v) is 2.05. The predicted octanol–water partition coefficient (Wildman–Crippen LogP) is 1.51. The Morgan fingerprint density at radius 1 is 1.17 bits per heavy atom. The third-order valence-electron chi connectivity index (χ3n) is 2.92. The molecule has 2 aromatic rings. The van der Waals surface area contributed by atoms with Crippen LogP contribution in [-0.4, -0.2) is 22.4 Å². The van der Waals surface area contributed by atoms with Crippen molar-refractivity contribution in [1.29, 1.82) is 0 Å². The monoisotopic (exact) mass is 240 g/mol. The summed E-state index contributed by atoms with van der Waals surface area (Å²) in [5.41, 5.74) is 3.49. The summed E-state index contributed by atoms with van der Waals surface area (Å²) < 4.78 is 0. The summed E-state index contributed by atoms with van der Waals surface area (Å²) in [6, 6.07) is 3.75. The first-order valence-electron chi connectivity index (χ1n) is 5.77. The van der Waals surface area contributed by atoms with Crippen molar-refractivity contribution in [3.63, 3.8) is 0 Å². The molecule has 90 valence electrons. The predicted molar refractivity (Wildman–Crippen MR) is 67.8 cm³/mol. The maximum absolute atomic E-state index is 11.7. The highest BCUT2D eigenvalue weighted by atomic mass is 16.1. The van der Waals surface area contributed by atoms with Crippen LogP contribution in [0.25, 0.3) is 0 Å². The Morgan fingerprint density at radius 2 is 2.00 bits per heavy atom. The van der Waals surface area contributed by atoms with Crippen molar-refractivity contribution in [3.05, 3.63) is 48.0 Å². The number of nitrogens with one attached hydrogen (secondary N) is 2. The van der Waals surface area contributed by atoms with E-state index in [0.29, 0.717) is 12.1 Å². The molecule has 0 aromatic carbocycles. The molecule has 1 amide bonds. The number of carbonyl (C=O) groups excluding carboxylic acids is 1. The lowest BCUT2D eigenvalue weighted by Gasteiger charge is -2.19. The van der Waals surface area contributed by atoms with Gasteiger partial charge in [-0.2, -0.15) is 0 Å². The Kier molecular flexibility index (Phi) is 2.64. The molecule has 0 fully saturated rings. The van der Waals surface area contributed by atoms with E-state index in [9.17, 15) is 4.79 Å². The summed E-state index contributed by atoms with van der Waals surface area (Å²) >= 11 is 0. The SMILES string of the molecule is O=C1NCCc2c(Nc3ccncc3)cncc21. The number of pyridine rings is 2. The van der Waals surface area contributed by atoms with Crippen molar-refractivity contribution in [2.24, 2.45) is 0 Å². The third-order valence-corrected chi connectivity index (χ3v) is 2.92. The fraction of sp³-hybridized carbons (Fsp3) is 0.154. The molecule has 3 rings (SSSR count). The number of aromatic nitrogens is 2. The molecule has 0 saturated carbocycles. The minimum Gasteiger partial charge on any atom is -0.354 e. The number of anilines is 2. The van der Waals surface area contributed by atoms with E-state index in [2.05, 4.69) is 20.6 Å². The maximum Gasteiger partial charge on any atom is 0.253 e. The first-order valence-corrected chi connectivity index (χ1v) is 5.77. The van der Waals surface area contributed by atoms with Gasteiger partial charge >= 0.3 is 0 Å². The van der Waals surface area contributed by atoms with E-state index in [1.807, 2.05) is 12.1 Å². The number of hydrogen-bond acceptors (Lipinski definition) is 4. The van der Waals surface area contributed by atoms with E-state index in [1.165, 1.54) is 0 Å². The van der Waals surface area contributed by atoms with Crippen LogP contribution < -0.4 is 10.6 Å². The van der Waals surface area contributed by atoms with Crippen LogP contribution in [0.3, 0.4) is 0 Å². The van der Waals surface area contributed by atoms with Crippen molar-refractivity contribution < 1.29 is 4.79 Å². The van der Waals surface area contributed by atoms with Crippen LogP contribution in [0.5, 0.6) is 0 Å². The Bertz CT molecular complexity index is 583. The molecule has 1 aliphatic rings. The Hall–Kier alpha value is -2.43. The summed E-state index contributed by atoms with van der Waals surface area (Å²) in [5, 5.41) is 6.08. The molecule has 2 aromatic heterocycles. The molecule has 5 heteroatoms. The summed E-state index contributed by atoms with van der Waals surface area (Å²) in [6.07, 6.45) is 7.62. The number of fused-ring (bicyclic) bond motifs is 1. The van der Waals surface area contributed by atoms with Crippen molar-refractivity contribution in [2.45, 2.75) is 6.42 Å². The molecule has 3 heterocycles. The first-order chi connectivity index (χ1) is 8.84. The second-order valence-corrected chi connectivity index (χ2v) is 4.08. The highest BCUT2D eigenvalue weighted by molar-refractivity contribution is 5.98. The molecule has 0 saturated heterocycles. The van der Waals surface area contributed by atoms with Gasteiger partial charge in [0.15, 0.2) is 0 Å². The van der Waals surface area contributed by atoms with E-state index < -0.39 is 0 Å². The zero-order valence-corrected chi connectivity index (χ0v) is 9.68. The van der Waals surface area contributed by atoms with E-state index >= 15 is 0 Å². The molecule has 0 atom stereocenters.